The molecular formula is C11H16N4S. The van der Waals surface area contributed by atoms with Crippen LogP contribution in [0.5, 0.6) is 0 Å². The molecule has 0 unspecified atom stereocenters. The lowest BCUT2D eigenvalue weighted by Crippen LogP contribution is -2.06. The lowest BCUT2D eigenvalue weighted by molar-refractivity contribution is 0.839. The van der Waals surface area contributed by atoms with Crippen LogP contribution in [0.2, 0.25) is 0 Å². The van der Waals surface area contributed by atoms with Crippen molar-refractivity contribution in [2.45, 2.75) is 12.8 Å². The fourth-order valence-electron chi connectivity index (χ4n) is 1.29. The van der Waals surface area contributed by atoms with Crippen molar-refractivity contribution in [2.24, 2.45) is 0 Å². The molecule has 0 saturated heterocycles. The molecule has 3 N–H and O–H groups in total. The molecule has 1 rings (SSSR count). The Labute approximate surface area is 100 Å². The van der Waals surface area contributed by atoms with E-state index in [0.29, 0.717) is 17.1 Å². The number of pyridine rings is 1. The van der Waals surface area contributed by atoms with E-state index in [9.17, 15) is 0 Å². The van der Waals surface area contributed by atoms with Crippen LogP contribution in [0.15, 0.2) is 12.3 Å². The van der Waals surface area contributed by atoms with E-state index < -0.39 is 0 Å². The van der Waals surface area contributed by atoms with Gasteiger partial charge in [0.15, 0.2) is 0 Å². The van der Waals surface area contributed by atoms with E-state index in [1.165, 1.54) is 12.2 Å². The summed E-state index contributed by atoms with van der Waals surface area (Å²) in [6, 6.07) is 3.72. The topological polar surface area (TPSA) is 74.7 Å². The predicted octanol–water partition coefficient (Wildman–Crippen LogP) is 2.09. The molecule has 0 fully saturated rings. The first-order valence-electron chi connectivity index (χ1n) is 5.16. The van der Waals surface area contributed by atoms with Crippen molar-refractivity contribution in [3.63, 3.8) is 0 Å². The summed E-state index contributed by atoms with van der Waals surface area (Å²) in [5, 5.41) is 12.0. The molecule has 0 bridgehead atoms. The minimum atomic E-state index is 0.505. The summed E-state index contributed by atoms with van der Waals surface area (Å²) >= 11 is 1.85. The van der Waals surface area contributed by atoms with Gasteiger partial charge < -0.3 is 11.1 Å². The number of nitrogens with one attached hydrogen (secondary N) is 1. The van der Waals surface area contributed by atoms with Crippen molar-refractivity contribution in [3.05, 3.63) is 17.8 Å². The van der Waals surface area contributed by atoms with Crippen LogP contribution in [0, 0.1) is 11.3 Å². The van der Waals surface area contributed by atoms with Crippen molar-refractivity contribution in [3.8, 4) is 6.07 Å². The Morgan fingerprint density at radius 3 is 3.06 bits per heavy atom. The monoisotopic (exact) mass is 236 g/mol. The lowest BCUT2D eigenvalue weighted by atomic mass is 10.2. The molecule has 0 aliphatic carbocycles. The Morgan fingerprint density at radius 2 is 2.38 bits per heavy atom. The minimum absolute atomic E-state index is 0.505. The summed E-state index contributed by atoms with van der Waals surface area (Å²) in [5.74, 6) is 1.79. The first kappa shape index (κ1) is 12.7. The molecule has 1 aromatic rings. The van der Waals surface area contributed by atoms with Gasteiger partial charge in [0, 0.05) is 6.54 Å². The Balaban J connectivity index is 2.45. The number of aromatic nitrogens is 1. The van der Waals surface area contributed by atoms with E-state index in [4.69, 9.17) is 11.0 Å². The molecule has 4 nitrogen and oxygen atoms in total. The molecule has 0 aromatic carbocycles. The third-order valence-electron chi connectivity index (χ3n) is 2.10. The third-order valence-corrected chi connectivity index (χ3v) is 2.79. The molecule has 5 heteroatoms. The molecule has 0 atom stereocenters. The summed E-state index contributed by atoms with van der Waals surface area (Å²) < 4.78 is 0. The van der Waals surface area contributed by atoms with Gasteiger partial charge >= 0.3 is 0 Å². The maximum atomic E-state index is 8.89. The Kier molecular flexibility index (Phi) is 5.51. The third kappa shape index (κ3) is 3.99. The average molecular weight is 236 g/mol. The van der Waals surface area contributed by atoms with E-state index in [1.54, 1.807) is 12.3 Å². The van der Waals surface area contributed by atoms with Crippen LogP contribution >= 0.6 is 11.8 Å². The lowest BCUT2D eigenvalue weighted by Gasteiger charge is -2.07. The molecule has 86 valence electrons. The van der Waals surface area contributed by atoms with Crippen molar-refractivity contribution in [1.29, 1.82) is 5.26 Å². The molecule has 0 saturated carbocycles. The van der Waals surface area contributed by atoms with E-state index >= 15 is 0 Å². The van der Waals surface area contributed by atoms with Gasteiger partial charge in [-0.25, -0.2) is 4.98 Å². The number of hydrogen-bond acceptors (Lipinski definition) is 5. The van der Waals surface area contributed by atoms with Crippen LogP contribution in [-0.4, -0.2) is 23.5 Å². The Morgan fingerprint density at radius 1 is 1.56 bits per heavy atom. The molecule has 1 heterocycles. The van der Waals surface area contributed by atoms with Crippen LogP contribution in [-0.2, 0) is 0 Å². The highest BCUT2D eigenvalue weighted by atomic mass is 32.2. The van der Waals surface area contributed by atoms with Gasteiger partial charge in [-0.3, -0.25) is 0 Å². The predicted molar refractivity (Wildman–Crippen MR) is 69.5 cm³/mol. The first-order valence-corrected chi connectivity index (χ1v) is 6.55. The Hall–Kier alpha value is -1.41. The summed E-state index contributed by atoms with van der Waals surface area (Å²) in [5.41, 5.74) is 6.58. The van der Waals surface area contributed by atoms with Crippen molar-refractivity contribution in [1.82, 2.24) is 4.98 Å². The normalized spacial score (nSPS) is 9.75. The smallest absolute Gasteiger partial charge is 0.144 e. The molecule has 1 aromatic heterocycles. The minimum Gasteiger partial charge on any atom is -0.397 e. The number of hydrogen-bond donors (Lipinski definition) is 2. The van der Waals surface area contributed by atoms with Crippen LogP contribution in [0.3, 0.4) is 0 Å². The summed E-state index contributed by atoms with van der Waals surface area (Å²) in [6.45, 7) is 0.839. The fraction of sp³-hybridized carbons (Fsp3) is 0.455. The second kappa shape index (κ2) is 6.96. The van der Waals surface area contributed by atoms with Gasteiger partial charge in [-0.15, -0.1) is 0 Å². The van der Waals surface area contributed by atoms with Crippen molar-refractivity contribution >= 4 is 23.3 Å². The number of nitrogens with two attached hydrogens (primary N) is 1. The highest BCUT2D eigenvalue weighted by Gasteiger charge is 2.02. The van der Waals surface area contributed by atoms with Gasteiger partial charge in [0.1, 0.15) is 11.9 Å². The number of thioether (sulfide) groups is 1. The number of unbranched alkanes of at least 4 members (excludes halogenated alkanes) is 1. The van der Waals surface area contributed by atoms with Gasteiger partial charge in [-0.05, 0) is 30.9 Å². The summed E-state index contributed by atoms with van der Waals surface area (Å²) in [7, 11) is 0. The standard InChI is InChI=1S/C11H16N4S/c1-16-5-3-2-4-14-11-9(7-12)6-10(13)8-15-11/h6,8H,2-5,13H2,1H3,(H,14,15). The number of rotatable bonds is 6. The fourth-order valence-corrected chi connectivity index (χ4v) is 1.78. The average Bonchev–Trinajstić information content (AvgIpc) is 2.30. The number of nitriles is 1. The second-order valence-electron chi connectivity index (χ2n) is 3.40. The first-order chi connectivity index (χ1) is 7.77. The molecule has 0 radical (unpaired) electrons. The molecule has 0 aliphatic rings. The van der Waals surface area contributed by atoms with Gasteiger partial charge in [-0.2, -0.15) is 17.0 Å². The molecule has 0 spiro atoms. The van der Waals surface area contributed by atoms with Gasteiger partial charge in [0.05, 0.1) is 17.4 Å². The van der Waals surface area contributed by atoms with Crippen molar-refractivity contribution < 1.29 is 0 Å². The maximum Gasteiger partial charge on any atom is 0.144 e. The van der Waals surface area contributed by atoms with Gasteiger partial charge in [-0.1, -0.05) is 0 Å². The van der Waals surface area contributed by atoms with Crippen LogP contribution in [0.4, 0.5) is 11.5 Å². The quantitative estimate of drug-likeness (QED) is 0.740. The molecule has 0 amide bonds. The van der Waals surface area contributed by atoms with Crippen LogP contribution < -0.4 is 11.1 Å². The van der Waals surface area contributed by atoms with E-state index in [2.05, 4.69) is 22.6 Å². The SMILES string of the molecule is CSCCCCNc1ncc(N)cc1C#N. The van der Waals surface area contributed by atoms with E-state index in [0.717, 1.165) is 13.0 Å². The van der Waals surface area contributed by atoms with Gasteiger partial charge in [0.25, 0.3) is 0 Å². The molecule has 16 heavy (non-hydrogen) atoms. The largest absolute Gasteiger partial charge is 0.397 e. The summed E-state index contributed by atoms with van der Waals surface area (Å²) in [4.78, 5) is 4.10. The Bertz CT molecular complexity index is 373. The highest BCUT2D eigenvalue weighted by molar-refractivity contribution is 7.98. The summed E-state index contributed by atoms with van der Waals surface area (Å²) in [6.07, 6.45) is 5.91. The van der Waals surface area contributed by atoms with Crippen LogP contribution in [0.25, 0.3) is 0 Å². The number of nitrogens with zero attached hydrogens (tertiary/aromatic N) is 2. The molecular weight excluding hydrogens is 220 g/mol. The second-order valence-corrected chi connectivity index (χ2v) is 4.39. The maximum absolute atomic E-state index is 8.89. The number of anilines is 2. The number of nitrogen functional groups attached to an aromatic ring is 1. The molecule has 0 aliphatic heterocycles. The van der Waals surface area contributed by atoms with E-state index in [1.807, 2.05) is 11.8 Å². The van der Waals surface area contributed by atoms with Gasteiger partial charge in [0.2, 0.25) is 0 Å². The van der Waals surface area contributed by atoms with Crippen molar-refractivity contribution in [2.75, 3.05) is 29.6 Å². The van der Waals surface area contributed by atoms with Crippen LogP contribution in [0.1, 0.15) is 18.4 Å². The van der Waals surface area contributed by atoms with E-state index in [-0.39, 0.29) is 0 Å². The highest BCUT2D eigenvalue weighted by Crippen LogP contribution is 2.14. The zero-order chi connectivity index (χ0) is 11.8. The zero-order valence-corrected chi connectivity index (χ0v) is 10.2. The zero-order valence-electron chi connectivity index (χ0n) is 9.36.